The number of carbonyl (C=O) groups is 1. The van der Waals surface area contributed by atoms with Crippen LogP contribution < -0.4 is 20.4 Å². The molecule has 1 heterocycles. The van der Waals surface area contributed by atoms with Crippen LogP contribution in [0.4, 0.5) is 8.78 Å². The largest absolute Gasteiger partial charge is 0.484 e. The Labute approximate surface area is 158 Å². The van der Waals surface area contributed by atoms with Crippen LogP contribution in [0.25, 0.3) is 11.0 Å². The summed E-state index contributed by atoms with van der Waals surface area (Å²) in [4.78, 5) is 23.4. The molecule has 0 saturated heterocycles. The molecule has 2 aromatic carbocycles. The lowest BCUT2D eigenvalue weighted by Crippen LogP contribution is -2.31. The minimum atomic E-state index is -2.96. The van der Waals surface area contributed by atoms with Gasteiger partial charge in [-0.1, -0.05) is 18.2 Å². The number of amides is 1. The quantitative estimate of drug-likeness (QED) is 0.624. The predicted octanol–water partition coefficient (Wildman–Crippen LogP) is 3.65. The minimum absolute atomic E-state index is 0.00391. The third-order valence-corrected chi connectivity index (χ3v) is 3.94. The van der Waals surface area contributed by atoms with E-state index in [1.165, 1.54) is 18.2 Å². The molecule has 0 saturated carbocycles. The van der Waals surface area contributed by atoms with E-state index in [1.807, 2.05) is 0 Å². The molecule has 28 heavy (non-hydrogen) atoms. The molecule has 8 heteroatoms. The summed E-state index contributed by atoms with van der Waals surface area (Å²) in [6.45, 7) is -1.61. The molecule has 0 radical (unpaired) electrons. The molecular weight excluding hydrogens is 372 g/mol. The highest BCUT2D eigenvalue weighted by atomic mass is 19.3. The average molecular weight is 389 g/mol. The molecule has 1 atom stereocenters. The van der Waals surface area contributed by atoms with Gasteiger partial charge in [0.2, 0.25) is 0 Å². The Kier molecular flexibility index (Phi) is 5.88. The molecule has 1 aromatic heterocycles. The van der Waals surface area contributed by atoms with Gasteiger partial charge >= 0.3 is 12.2 Å². The van der Waals surface area contributed by atoms with Gasteiger partial charge in [0, 0.05) is 23.1 Å². The molecule has 0 aliphatic carbocycles. The second-order valence-corrected chi connectivity index (χ2v) is 5.95. The summed E-state index contributed by atoms with van der Waals surface area (Å²) in [6, 6.07) is 13.5. The fourth-order valence-electron chi connectivity index (χ4n) is 2.68. The van der Waals surface area contributed by atoms with Crippen LogP contribution in [0.15, 0.2) is 63.8 Å². The van der Waals surface area contributed by atoms with Gasteiger partial charge in [0.25, 0.3) is 5.91 Å². The van der Waals surface area contributed by atoms with Gasteiger partial charge in [-0.15, -0.1) is 0 Å². The van der Waals surface area contributed by atoms with Crippen molar-refractivity contribution in [3.05, 3.63) is 70.6 Å². The van der Waals surface area contributed by atoms with Gasteiger partial charge in [0.1, 0.15) is 17.1 Å². The Morgan fingerprint density at radius 1 is 1.14 bits per heavy atom. The third-order valence-electron chi connectivity index (χ3n) is 3.94. The average Bonchev–Trinajstić information content (AvgIpc) is 2.66. The first kappa shape index (κ1) is 19.3. The number of carbonyl (C=O) groups excluding carboxylic acids is 1. The van der Waals surface area contributed by atoms with Gasteiger partial charge in [-0.3, -0.25) is 4.79 Å². The van der Waals surface area contributed by atoms with Crippen molar-refractivity contribution in [2.75, 3.05) is 6.61 Å². The lowest BCUT2D eigenvalue weighted by molar-refractivity contribution is -0.123. The zero-order valence-electron chi connectivity index (χ0n) is 14.9. The number of halogens is 2. The zero-order chi connectivity index (χ0) is 20.1. The molecule has 0 aliphatic rings. The first-order chi connectivity index (χ1) is 13.4. The summed E-state index contributed by atoms with van der Waals surface area (Å²) in [7, 11) is 0. The summed E-state index contributed by atoms with van der Waals surface area (Å²) in [5.74, 6) is -0.101. The topological polar surface area (TPSA) is 77.8 Å². The number of benzene rings is 2. The van der Waals surface area contributed by atoms with Gasteiger partial charge < -0.3 is 19.2 Å². The van der Waals surface area contributed by atoms with E-state index in [4.69, 9.17) is 9.15 Å². The molecule has 1 amide bonds. The number of rotatable bonds is 7. The maximum Gasteiger partial charge on any atom is 0.387 e. The highest BCUT2D eigenvalue weighted by Crippen LogP contribution is 2.26. The highest BCUT2D eigenvalue weighted by molar-refractivity contribution is 5.79. The van der Waals surface area contributed by atoms with Crippen molar-refractivity contribution in [2.45, 2.75) is 19.6 Å². The van der Waals surface area contributed by atoms with Gasteiger partial charge in [0.05, 0.1) is 6.04 Å². The van der Waals surface area contributed by atoms with Crippen LogP contribution in [0.5, 0.6) is 11.5 Å². The number of hydrogen-bond acceptors (Lipinski definition) is 5. The van der Waals surface area contributed by atoms with Crippen LogP contribution in [-0.2, 0) is 4.79 Å². The number of nitrogens with one attached hydrogen (secondary N) is 1. The molecule has 0 spiro atoms. The number of fused-ring (bicyclic) bond motifs is 1. The molecule has 1 unspecified atom stereocenters. The van der Waals surface area contributed by atoms with Crippen molar-refractivity contribution in [3.8, 4) is 11.5 Å². The predicted molar refractivity (Wildman–Crippen MR) is 97.6 cm³/mol. The summed E-state index contributed by atoms with van der Waals surface area (Å²) in [5, 5.41) is 3.39. The SMILES string of the molecule is CC(NC(=O)COc1ccc2ccc(=O)oc2c1)c1ccccc1OC(F)F. The first-order valence-corrected chi connectivity index (χ1v) is 8.42. The van der Waals surface area contributed by atoms with Crippen molar-refractivity contribution in [2.24, 2.45) is 0 Å². The Balaban J connectivity index is 1.62. The van der Waals surface area contributed by atoms with E-state index < -0.39 is 24.2 Å². The lowest BCUT2D eigenvalue weighted by atomic mass is 10.1. The Hall–Kier alpha value is -3.42. The van der Waals surface area contributed by atoms with Crippen molar-refractivity contribution in [1.29, 1.82) is 0 Å². The van der Waals surface area contributed by atoms with Gasteiger partial charge in [0.15, 0.2) is 6.61 Å². The summed E-state index contributed by atoms with van der Waals surface area (Å²) < 4.78 is 40.0. The fourth-order valence-corrected chi connectivity index (χ4v) is 2.68. The van der Waals surface area contributed by atoms with Crippen molar-refractivity contribution in [1.82, 2.24) is 5.32 Å². The number of alkyl halides is 2. The van der Waals surface area contributed by atoms with Crippen LogP contribution in [-0.4, -0.2) is 19.1 Å². The van der Waals surface area contributed by atoms with Crippen LogP contribution in [0.3, 0.4) is 0 Å². The molecule has 6 nitrogen and oxygen atoms in total. The van der Waals surface area contributed by atoms with E-state index >= 15 is 0 Å². The van der Waals surface area contributed by atoms with Crippen LogP contribution >= 0.6 is 0 Å². The van der Waals surface area contributed by atoms with E-state index in [-0.39, 0.29) is 12.4 Å². The number of ether oxygens (including phenoxy) is 2. The standard InChI is InChI=1S/C20H17F2NO5/c1-12(15-4-2-3-5-16(15)28-20(21)22)23-18(24)11-26-14-8-6-13-7-9-19(25)27-17(13)10-14/h2-10,12,20H,11H2,1H3,(H,23,24). The molecular formula is C20H17F2NO5. The van der Waals surface area contributed by atoms with Gasteiger partial charge in [-0.05, 0) is 31.2 Å². The first-order valence-electron chi connectivity index (χ1n) is 8.42. The maximum atomic E-state index is 12.5. The fraction of sp³-hybridized carbons (Fsp3) is 0.200. The van der Waals surface area contributed by atoms with E-state index in [2.05, 4.69) is 10.1 Å². The highest BCUT2D eigenvalue weighted by Gasteiger charge is 2.16. The molecule has 3 aromatic rings. The second kappa shape index (κ2) is 8.51. The van der Waals surface area contributed by atoms with Crippen molar-refractivity contribution in [3.63, 3.8) is 0 Å². The van der Waals surface area contributed by atoms with Crippen LogP contribution in [0.2, 0.25) is 0 Å². The Bertz CT molecular complexity index is 1030. The molecule has 0 bridgehead atoms. The third kappa shape index (κ3) is 4.85. The molecule has 146 valence electrons. The van der Waals surface area contributed by atoms with Crippen LogP contribution in [0, 0.1) is 0 Å². The molecule has 3 rings (SSSR count). The molecule has 1 N–H and O–H groups in total. The summed E-state index contributed by atoms with van der Waals surface area (Å²) in [5.41, 5.74) is 0.279. The number of para-hydroxylation sites is 1. The Morgan fingerprint density at radius 2 is 1.89 bits per heavy atom. The van der Waals surface area contributed by atoms with E-state index in [1.54, 1.807) is 43.3 Å². The normalized spacial score (nSPS) is 12.0. The molecule has 0 aliphatic heterocycles. The van der Waals surface area contributed by atoms with Gasteiger partial charge in [-0.25, -0.2) is 4.79 Å². The molecule has 0 fully saturated rings. The lowest BCUT2D eigenvalue weighted by Gasteiger charge is -2.18. The Morgan fingerprint density at radius 3 is 2.68 bits per heavy atom. The van der Waals surface area contributed by atoms with E-state index in [0.29, 0.717) is 16.9 Å². The smallest absolute Gasteiger partial charge is 0.387 e. The van der Waals surface area contributed by atoms with Crippen molar-refractivity contribution >= 4 is 16.9 Å². The zero-order valence-corrected chi connectivity index (χ0v) is 14.9. The van der Waals surface area contributed by atoms with Crippen LogP contribution in [0.1, 0.15) is 18.5 Å². The van der Waals surface area contributed by atoms with E-state index in [9.17, 15) is 18.4 Å². The minimum Gasteiger partial charge on any atom is -0.484 e. The van der Waals surface area contributed by atoms with E-state index in [0.717, 1.165) is 5.39 Å². The van der Waals surface area contributed by atoms with Crippen molar-refractivity contribution < 1.29 is 27.5 Å². The monoisotopic (exact) mass is 389 g/mol. The second-order valence-electron chi connectivity index (χ2n) is 5.95. The maximum absolute atomic E-state index is 12.5. The summed E-state index contributed by atoms with van der Waals surface area (Å²) >= 11 is 0. The number of hydrogen-bond donors (Lipinski definition) is 1. The summed E-state index contributed by atoms with van der Waals surface area (Å²) in [6.07, 6.45) is 0. The van der Waals surface area contributed by atoms with Gasteiger partial charge in [-0.2, -0.15) is 8.78 Å².